The average molecular weight is 444 g/mol. The Balaban J connectivity index is 1.72. The number of nitro benzene ring substituents is 1. The molecule has 9 nitrogen and oxygen atoms in total. The van der Waals surface area contributed by atoms with Gasteiger partial charge in [-0.25, -0.2) is 8.78 Å². The van der Waals surface area contributed by atoms with Crippen molar-refractivity contribution in [3.8, 4) is 5.75 Å². The van der Waals surface area contributed by atoms with Crippen LogP contribution in [0.5, 0.6) is 5.75 Å². The molecular formula is C16H12ClF2N5O4S. The number of thioether (sulfide) groups is 1. The number of aromatic nitrogens is 3. The zero-order chi connectivity index (χ0) is 21.0. The molecule has 2 heterocycles. The Hall–Kier alpha value is -2.99. The van der Waals surface area contributed by atoms with Crippen molar-refractivity contribution in [1.29, 1.82) is 0 Å². The fourth-order valence-electron chi connectivity index (χ4n) is 2.21. The van der Waals surface area contributed by atoms with E-state index in [0.717, 1.165) is 16.4 Å². The third kappa shape index (κ3) is 4.90. The zero-order valence-electron chi connectivity index (χ0n) is 14.7. The van der Waals surface area contributed by atoms with Crippen LogP contribution >= 0.6 is 23.4 Å². The lowest BCUT2D eigenvalue weighted by molar-refractivity contribution is -0.385. The number of furan rings is 1. The second-order valence-corrected chi connectivity index (χ2v) is 6.57. The van der Waals surface area contributed by atoms with E-state index in [0.29, 0.717) is 5.76 Å². The van der Waals surface area contributed by atoms with Gasteiger partial charge in [-0.2, -0.15) is 9.78 Å². The number of rotatable bonds is 8. The summed E-state index contributed by atoms with van der Waals surface area (Å²) in [4.78, 5) is 10.5. The topological polar surface area (TPSA) is 109 Å². The third-order valence-electron chi connectivity index (χ3n) is 3.48. The highest BCUT2D eigenvalue weighted by Crippen LogP contribution is 2.30. The van der Waals surface area contributed by atoms with E-state index >= 15 is 0 Å². The van der Waals surface area contributed by atoms with Gasteiger partial charge in [-0.15, -0.1) is 10.2 Å². The van der Waals surface area contributed by atoms with Crippen LogP contribution in [0.3, 0.4) is 0 Å². The molecule has 3 rings (SSSR count). The lowest BCUT2D eigenvalue weighted by Crippen LogP contribution is -2.00. The Morgan fingerprint density at radius 1 is 1.41 bits per heavy atom. The van der Waals surface area contributed by atoms with Gasteiger partial charge in [0.2, 0.25) is 11.0 Å². The maximum absolute atomic E-state index is 13.0. The molecule has 3 aromatic rings. The summed E-state index contributed by atoms with van der Waals surface area (Å²) < 4.78 is 37.8. The minimum Gasteiger partial charge on any atom is -0.479 e. The molecule has 0 bridgehead atoms. The number of hydrogen-bond acceptors (Lipinski definition) is 8. The lowest BCUT2D eigenvalue weighted by atomic mass is 10.3. The normalized spacial score (nSPS) is 11.5. The van der Waals surface area contributed by atoms with E-state index in [4.69, 9.17) is 20.8 Å². The molecule has 0 radical (unpaired) electrons. The Morgan fingerprint density at radius 2 is 2.21 bits per heavy atom. The number of alkyl halides is 2. The molecule has 0 atom stereocenters. The SMILES string of the molecule is CSc1nnc(C(F)F)n1/N=C\c1ccc(COc2ccc(Cl)cc2[N+](=O)[O-])o1. The molecule has 2 aromatic heterocycles. The highest BCUT2D eigenvalue weighted by Gasteiger charge is 2.20. The highest BCUT2D eigenvalue weighted by atomic mass is 35.5. The van der Waals surface area contributed by atoms with E-state index < -0.39 is 17.2 Å². The fourth-order valence-corrected chi connectivity index (χ4v) is 2.81. The standard InChI is InChI=1S/C16H12ClF2N5O4S/c1-29-16-22-21-15(14(18)19)23(16)20-7-10-3-4-11(28-10)8-27-13-5-2-9(17)6-12(13)24(25)26/h2-7,14H,8H2,1H3/b20-7-. The number of nitrogens with zero attached hydrogens (tertiary/aromatic N) is 5. The second-order valence-electron chi connectivity index (χ2n) is 5.36. The second kappa shape index (κ2) is 9.01. The summed E-state index contributed by atoms with van der Waals surface area (Å²) in [5.74, 6) is 0.0475. The molecule has 0 aliphatic rings. The first-order valence-corrected chi connectivity index (χ1v) is 9.46. The first-order chi connectivity index (χ1) is 13.9. The largest absolute Gasteiger partial charge is 0.479 e. The van der Waals surface area contributed by atoms with Crippen molar-refractivity contribution in [3.05, 3.63) is 62.8 Å². The minimum atomic E-state index is -2.84. The van der Waals surface area contributed by atoms with Crippen LogP contribution in [0.4, 0.5) is 14.5 Å². The van der Waals surface area contributed by atoms with Crippen molar-refractivity contribution in [1.82, 2.24) is 14.9 Å². The zero-order valence-corrected chi connectivity index (χ0v) is 16.2. The van der Waals surface area contributed by atoms with Gasteiger partial charge in [-0.1, -0.05) is 23.4 Å². The van der Waals surface area contributed by atoms with Gasteiger partial charge in [0.05, 0.1) is 11.1 Å². The number of nitro groups is 1. The fraction of sp³-hybridized carbons (Fsp3) is 0.188. The molecule has 0 saturated carbocycles. The smallest absolute Gasteiger partial charge is 0.312 e. The van der Waals surface area contributed by atoms with E-state index in [1.165, 1.54) is 24.4 Å². The Labute approximate surface area is 171 Å². The van der Waals surface area contributed by atoms with Gasteiger partial charge >= 0.3 is 5.69 Å². The molecule has 0 N–H and O–H groups in total. The number of ether oxygens (including phenoxy) is 1. The monoisotopic (exact) mass is 443 g/mol. The predicted octanol–water partition coefficient (Wildman–Crippen LogP) is 4.55. The van der Waals surface area contributed by atoms with Gasteiger partial charge in [0.15, 0.2) is 5.75 Å². The molecule has 152 valence electrons. The van der Waals surface area contributed by atoms with Crippen LogP contribution in [-0.4, -0.2) is 32.3 Å². The van der Waals surface area contributed by atoms with Crippen molar-refractivity contribution >= 4 is 35.3 Å². The first-order valence-electron chi connectivity index (χ1n) is 7.86. The highest BCUT2D eigenvalue weighted by molar-refractivity contribution is 7.98. The first kappa shape index (κ1) is 20.7. The summed E-state index contributed by atoms with van der Waals surface area (Å²) >= 11 is 6.87. The van der Waals surface area contributed by atoms with Gasteiger partial charge in [-0.3, -0.25) is 10.1 Å². The van der Waals surface area contributed by atoms with Crippen LogP contribution in [0.25, 0.3) is 0 Å². The summed E-state index contributed by atoms with van der Waals surface area (Å²) in [5.41, 5.74) is -0.275. The summed E-state index contributed by atoms with van der Waals surface area (Å²) in [7, 11) is 0. The molecule has 0 amide bonds. The number of benzene rings is 1. The molecular weight excluding hydrogens is 432 g/mol. The van der Waals surface area contributed by atoms with Crippen molar-refractivity contribution in [2.75, 3.05) is 6.26 Å². The Morgan fingerprint density at radius 3 is 2.90 bits per heavy atom. The van der Waals surface area contributed by atoms with E-state index in [1.807, 2.05) is 0 Å². The molecule has 0 spiro atoms. The van der Waals surface area contributed by atoms with Crippen LogP contribution in [0.1, 0.15) is 23.8 Å². The maximum Gasteiger partial charge on any atom is 0.312 e. The molecule has 0 fully saturated rings. The summed E-state index contributed by atoms with van der Waals surface area (Å²) in [5, 5.41) is 22.5. The van der Waals surface area contributed by atoms with Gasteiger partial charge in [0.1, 0.15) is 18.1 Å². The van der Waals surface area contributed by atoms with E-state index in [9.17, 15) is 18.9 Å². The van der Waals surface area contributed by atoms with Gasteiger partial charge in [0, 0.05) is 11.1 Å². The molecule has 0 saturated heterocycles. The van der Waals surface area contributed by atoms with Crippen molar-refractivity contribution < 1.29 is 22.9 Å². The van der Waals surface area contributed by atoms with Crippen LogP contribution in [0, 0.1) is 10.1 Å². The van der Waals surface area contributed by atoms with Gasteiger partial charge in [-0.05, 0) is 30.5 Å². The van der Waals surface area contributed by atoms with Crippen LogP contribution in [0.2, 0.25) is 5.02 Å². The van der Waals surface area contributed by atoms with Crippen LogP contribution in [-0.2, 0) is 6.61 Å². The van der Waals surface area contributed by atoms with Gasteiger partial charge in [0.25, 0.3) is 6.43 Å². The number of hydrogen-bond donors (Lipinski definition) is 0. The quantitative estimate of drug-likeness (QED) is 0.217. The third-order valence-corrected chi connectivity index (χ3v) is 4.34. The molecule has 1 aromatic carbocycles. The Bertz CT molecular complexity index is 1060. The molecule has 0 aliphatic heterocycles. The molecule has 29 heavy (non-hydrogen) atoms. The summed E-state index contributed by atoms with van der Waals surface area (Å²) in [6.45, 7) is -0.0959. The summed E-state index contributed by atoms with van der Waals surface area (Å²) in [6.07, 6.45) is 0.0449. The van der Waals surface area contributed by atoms with Crippen molar-refractivity contribution in [3.63, 3.8) is 0 Å². The van der Waals surface area contributed by atoms with Gasteiger partial charge < -0.3 is 9.15 Å². The van der Waals surface area contributed by atoms with Crippen molar-refractivity contribution in [2.24, 2.45) is 5.10 Å². The average Bonchev–Trinajstić information content (AvgIpc) is 3.31. The van der Waals surface area contributed by atoms with Crippen LogP contribution in [0.15, 0.2) is 45.0 Å². The predicted molar refractivity (Wildman–Crippen MR) is 101 cm³/mol. The van der Waals surface area contributed by atoms with E-state index in [2.05, 4.69) is 15.3 Å². The van der Waals surface area contributed by atoms with E-state index in [-0.39, 0.29) is 34.0 Å². The molecule has 13 heteroatoms. The molecule has 0 aliphatic carbocycles. The van der Waals surface area contributed by atoms with E-state index in [1.54, 1.807) is 18.4 Å². The molecule has 0 unspecified atom stereocenters. The number of halogens is 3. The minimum absolute atomic E-state index is 0.0293. The van der Waals surface area contributed by atoms with Crippen molar-refractivity contribution in [2.45, 2.75) is 18.2 Å². The lowest BCUT2D eigenvalue weighted by Gasteiger charge is -2.05. The summed E-state index contributed by atoms with van der Waals surface area (Å²) in [6, 6.07) is 7.14. The van der Waals surface area contributed by atoms with Crippen LogP contribution < -0.4 is 4.74 Å². The maximum atomic E-state index is 13.0. The Kier molecular flexibility index (Phi) is 6.44.